The third-order valence-corrected chi connectivity index (χ3v) is 8.69. The van der Waals surface area contributed by atoms with E-state index in [1.807, 2.05) is 54.6 Å². The number of phenolic OH excluding ortho intramolecular Hbond substituents is 1. The summed E-state index contributed by atoms with van der Waals surface area (Å²) in [5.41, 5.74) is 5.91. The van der Waals surface area contributed by atoms with Gasteiger partial charge in [-0.05, 0) is 83.1 Å². The summed E-state index contributed by atoms with van der Waals surface area (Å²) in [5.74, 6) is -0.809. The molecule has 1 atom stereocenters. The van der Waals surface area contributed by atoms with Gasteiger partial charge in [-0.25, -0.2) is 0 Å². The average molecular weight is 675 g/mol. The van der Waals surface area contributed by atoms with Crippen LogP contribution >= 0.6 is 0 Å². The highest BCUT2D eigenvalue weighted by Crippen LogP contribution is 2.36. The minimum absolute atomic E-state index is 0.0659. The van der Waals surface area contributed by atoms with Crippen molar-refractivity contribution in [3.05, 3.63) is 125 Å². The van der Waals surface area contributed by atoms with Crippen molar-refractivity contribution in [3.63, 3.8) is 0 Å². The second-order valence-electron chi connectivity index (χ2n) is 12.0. The van der Waals surface area contributed by atoms with E-state index in [9.17, 15) is 24.3 Å². The average Bonchev–Trinajstić information content (AvgIpc) is 3.37. The van der Waals surface area contributed by atoms with Gasteiger partial charge in [-0.3, -0.25) is 29.4 Å². The second kappa shape index (κ2) is 15.7. The molecular formula is C40H38N2O8. The van der Waals surface area contributed by atoms with E-state index in [4.69, 9.17) is 14.2 Å². The molecule has 0 aromatic heterocycles. The number of carbonyl (C=O) groups excluding carboxylic acids is 4. The number of nitrogens with one attached hydrogen (secondary N) is 1. The van der Waals surface area contributed by atoms with E-state index in [2.05, 4.69) is 24.4 Å². The third kappa shape index (κ3) is 7.61. The molecule has 256 valence electrons. The van der Waals surface area contributed by atoms with E-state index in [-0.39, 0.29) is 29.7 Å². The standard InChI is InChI=1S/C40H38N2O8/c1-2-32(26-7-4-3-5-8-26)37(27-9-13-29(43)14-10-27)28-11-15-30(16-12-28)50-24-23-48-21-6-22-49-31-17-18-33-34(25-31)40(47)42(39(33)46)35-19-20-36(44)41-38(35)45/h3-5,7-18,25,35,43H,2,6,19-24H2,1H3,(H,41,44,45)/b37-32-. The molecule has 1 unspecified atom stereocenters. The first-order valence-corrected chi connectivity index (χ1v) is 16.7. The van der Waals surface area contributed by atoms with Crippen molar-refractivity contribution in [2.24, 2.45) is 0 Å². The molecule has 6 rings (SSSR count). The van der Waals surface area contributed by atoms with Crippen molar-refractivity contribution in [3.8, 4) is 17.2 Å². The molecule has 1 saturated heterocycles. The first-order chi connectivity index (χ1) is 24.3. The number of fused-ring (bicyclic) bond motifs is 1. The van der Waals surface area contributed by atoms with Crippen LogP contribution in [0.3, 0.4) is 0 Å². The number of imide groups is 2. The first kappa shape index (κ1) is 34.1. The fraction of sp³-hybridized carbons (Fsp3) is 0.250. The number of hydrogen-bond donors (Lipinski definition) is 2. The highest BCUT2D eigenvalue weighted by molar-refractivity contribution is 6.23. The highest BCUT2D eigenvalue weighted by atomic mass is 16.5. The van der Waals surface area contributed by atoms with Crippen molar-refractivity contribution in [2.75, 3.05) is 26.4 Å². The number of rotatable bonds is 14. The van der Waals surface area contributed by atoms with E-state index in [0.29, 0.717) is 38.6 Å². The Morgan fingerprint density at radius 1 is 0.740 bits per heavy atom. The number of hydrogen-bond acceptors (Lipinski definition) is 8. The number of piperidine rings is 1. The zero-order chi connectivity index (χ0) is 35.0. The summed E-state index contributed by atoms with van der Waals surface area (Å²) in [7, 11) is 0. The van der Waals surface area contributed by atoms with Gasteiger partial charge in [0.05, 0.1) is 24.3 Å². The van der Waals surface area contributed by atoms with Crippen molar-refractivity contribution in [2.45, 2.75) is 38.6 Å². The topological polar surface area (TPSA) is 131 Å². The number of allylic oxidation sites excluding steroid dienone is 1. The Bertz CT molecular complexity index is 1900. The summed E-state index contributed by atoms with van der Waals surface area (Å²) in [6, 6.07) is 29.2. The number of amides is 4. The number of nitrogens with zero attached hydrogens (tertiary/aromatic N) is 1. The van der Waals surface area contributed by atoms with Crippen molar-refractivity contribution in [1.29, 1.82) is 0 Å². The minimum Gasteiger partial charge on any atom is -0.508 e. The number of phenols is 1. The fourth-order valence-electron chi connectivity index (χ4n) is 6.24. The Kier molecular flexibility index (Phi) is 10.7. The van der Waals surface area contributed by atoms with Gasteiger partial charge < -0.3 is 19.3 Å². The molecule has 0 spiro atoms. The minimum atomic E-state index is -1.01. The fourth-order valence-corrected chi connectivity index (χ4v) is 6.24. The zero-order valence-corrected chi connectivity index (χ0v) is 27.7. The van der Waals surface area contributed by atoms with Crippen LogP contribution in [0.15, 0.2) is 97.1 Å². The lowest BCUT2D eigenvalue weighted by Gasteiger charge is -2.27. The molecule has 2 heterocycles. The van der Waals surface area contributed by atoms with Crippen LogP contribution in [0, 0.1) is 0 Å². The predicted molar refractivity (Wildman–Crippen MR) is 187 cm³/mol. The molecule has 50 heavy (non-hydrogen) atoms. The number of aromatic hydroxyl groups is 1. The van der Waals surface area contributed by atoms with Gasteiger partial charge in [-0.15, -0.1) is 0 Å². The van der Waals surface area contributed by atoms with Crippen LogP contribution in [-0.4, -0.2) is 66.1 Å². The SMILES string of the molecule is CC/C(=C(\c1ccc(O)cc1)c1ccc(OCCOCCCOc2ccc3c(c2)C(=O)N(C2CCC(=O)NC2=O)C3=O)cc1)c1ccccc1. The van der Waals surface area contributed by atoms with Gasteiger partial charge in [-0.2, -0.15) is 0 Å². The first-order valence-electron chi connectivity index (χ1n) is 16.7. The van der Waals surface area contributed by atoms with Crippen LogP contribution in [-0.2, 0) is 14.3 Å². The van der Waals surface area contributed by atoms with Crippen LogP contribution in [0.1, 0.15) is 70.0 Å². The summed E-state index contributed by atoms with van der Waals surface area (Å²) < 4.78 is 17.4. The molecule has 2 aliphatic heterocycles. The molecule has 4 aromatic rings. The lowest BCUT2D eigenvalue weighted by molar-refractivity contribution is -0.136. The van der Waals surface area contributed by atoms with Gasteiger partial charge in [0.15, 0.2) is 0 Å². The molecule has 2 aliphatic rings. The molecule has 0 aliphatic carbocycles. The Morgan fingerprint density at radius 3 is 2.10 bits per heavy atom. The Hall–Kier alpha value is -5.74. The van der Waals surface area contributed by atoms with E-state index < -0.39 is 29.7 Å². The third-order valence-electron chi connectivity index (χ3n) is 8.69. The van der Waals surface area contributed by atoms with E-state index in [0.717, 1.165) is 39.3 Å². The Labute approximate surface area is 290 Å². The Balaban J connectivity index is 0.964. The lowest BCUT2D eigenvalue weighted by atomic mass is 9.88. The predicted octanol–water partition coefficient (Wildman–Crippen LogP) is 6.03. The van der Waals surface area contributed by atoms with E-state index in [1.165, 1.54) is 17.7 Å². The van der Waals surface area contributed by atoms with Crippen molar-refractivity contribution >= 4 is 34.8 Å². The van der Waals surface area contributed by atoms with Gasteiger partial charge in [0.25, 0.3) is 11.8 Å². The number of benzene rings is 4. The molecule has 0 bridgehead atoms. The maximum Gasteiger partial charge on any atom is 0.262 e. The second-order valence-corrected chi connectivity index (χ2v) is 12.0. The smallest absolute Gasteiger partial charge is 0.262 e. The van der Waals surface area contributed by atoms with Crippen molar-refractivity contribution in [1.82, 2.24) is 10.2 Å². The van der Waals surface area contributed by atoms with Crippen LogP contribution in [0.5, 0.6) is 17.2 Å². The summed E-state index contributed by atoms with van der Waals surface area (Å²) in [4.78, 5) is 50.6. The van der Waals surface area contributed by atoms with Gasteiger partial charge in [0.1, 0.15) is 29.9 Å². The summed E-state index contributed by atoms with van der Waals surface area (Å²) >= 11 is 0. The molecule has 10 nitrogen and oxygen atoms in total. The van der Waals surface area contributed by atoms with E-state index >= 15 is 0 Å². The van der Waals surface area contributed by atoms with E-state index in [1.54, 1.807) is 18.2 Å². The maximum absolute atomic E-state index is 13.0. The highest BCUT2D eigenvalue weighted by Gasteiger charge is 2.44. The van der Waals surface area contributed by atoms with Gasteiger partial charge in [0.2, 0.25) is 11.8 Å². The molecule has 10 heteroatoms. The van der Waals surface area contributed by atoms with Gasteiger partial charge >= 0.3 is 0 Å². The molecule has 0 saturated carbocycles. The van der Waals surface area contributed by atoms with Crippen LogP contribution in [0.2, 0.25) is 0 Å². The molecule has 4 amide bonds. The van der Waals surface area contributed by atoms with Crippen LogP contribution < -0.4 is 14.8 Å². The summed E-state index contributed by atoms with van der Waals surface area (Å²) in [6.45, 7) is 3.67. The summed E-state index contributed by atoms with van der Waals surface area (Å²) in [6.07, 6.45) is 1.59. The largest absolute Gasteiger partial charge is 0.508 e. The number of carbonyl (C=O) groups is 4. The quantitative estimate of drug-likeness (QED) is 0.0943. The molecular weight excluding hydrogens is 636 g/mol. The maximum atomic E-state index is 13.0. The molecule has 0 radical (unpaired) electrons. The van der Waals surface area contributed by atoms with Crippen molar-refractivity contribution < 1.29 is 38.5 Å². The molecule has 2 N–H and O–H groups in total. The normalized spacial score (nSPS) is 16.2. The monoisotopic (exact) mass is 674 g/mol. The van der Waals surface area contributed by atoms with Gasteiger partial charge in [-0.1, -0.05) is 61.5 Å². The van der Waals surface area contributed by atoms with Gasteiger partial charge in [0, 0.05) is 19.4 Å². The summed E-state index contributed by atoms with van der Waals surface area (Å²) in [5, 5.41) is 12.1. The van der Waals surface area contributed by atoms with Crippen LogP contribution in [0.25, 0.3) is 11.1 Å². The Morgan fingerprint density at radius 2 is 1.40 bits per heavy atom. The zero-order valence-electron chi connectivity index (χ0n) is 27.7. The van der Waals surface area contributed by atoms with Crippen LogP contribution in [0.4, 0.5) is 0 Å². The number of ether oxygens (including phenoxy) is 3. The lowest BCUT2D eigenvalue weighted by Crippen LogP contribution is -2.54. The molecule has 1 fully saturated rings. The molecule has 4 aromatic carbocycles.